The summed E-state index contributed by atoms with van der Waals surface area (Å²) in [5.41, 5.74) is 7.56. The average Bonchev–Trinajstić information content (AvgIpc) is 2.73. The first-order valence-corrected chi connectivity index (χ1v) is 10.3. The number of carbonyl (C=O) groups excluding carboxylic acids is 1. The van der Waals surface area contributed by atoms with Crippen molar-refractivity contribution in [2.24, 2.45) is 0 Å². The van der Waals surface area contributed by atoms with Crippen LogP contribution >= 0.6 is 0 Å². The number of rotatable bonds is 4. The Kier molecular flexibility index (Phi) is 5.21. The molecule has 0 radical (unpaired) electrons. The highest BCUT2D eigenvalue weighted by Gasteiger charge is 2.30. The number of ether oxygens (including phenoxy) is 1. The second kappa shape index (κ2) is 7.83. The van der Waals surface area contributed by atoms with E-state index in [2.05, 4.69) is 38.1 Å². The number of benzene rings is 3. The summed E-state index contributed by atoms with van der Waals surface area (Å²) in [6, 6.07) is 19.6. The van der Waals surface area contributed by atoms with Gasteiger partial charge in [0.05, 0.1) is 12.2 Å². The van der Waals surface area contributed by atoms with E-state index in [-0.39, 0.29) is 11.4 Å². The number of esters is 1. The number of hydrogen-bond acceptors (Lipinski definition) is 3. The van der Waals surface area contributed by atoms with Gasteiger partial charge in [-0.25, -0.2) is 4.79 Å². The molecular weight excluding hydrogens is 372 g/mol. The number of carbonyl (C=O) groups is 1. The molecule has 0 aromatic heterocycles. The molecule has 1 N–H and O–H groups in total. The van der Waals surface area contributed by atoms with Gasteiger partial charge in [-0.15, -0.1) is 0 Å². The van der Waals surface area contributed by atoms with Crippen molar-refractivity contribution in [1.82, 2.24) is 0 Å². The van der Waals surface area contributed by atoms with Crippen LogP contribution in [0.4, 0.5) is 0 Å². The van der Waals surface area contributed by atoms with Gasteiger partial charge in [-0.05, 0) is 82.5 Å². The van der Waals surface area contributed by atoms with Gasteiger partial charge in [-0.1, -0.05) is 56.3 Å². The zero-order chi connectivity index (χ0) is 21.3. The molecule has 0 aliphatic heterocycles. The van der Waals surface area contributed by atoms with Crippen LogP contribution in [0, 0.1) is 0 Å². The smallest absolute Gasteiger partial charge is 0.338 e. The molecule has 0 fully saturated rings. The van der Waals surface area contributed by atoms with Gasteiger partial charge in [0, 0.05) is 0 Å². The van der Waals surface area contributed by atoms with E-state index in [9.17, 15) is 9.90 Å². The van der Waals surface area contributed by atoms with Crippen LogP contribution in [0.3, 0.4) is 0 Å². The van der Waals surface area contributed by atoms with Gasteiger partial charge in [0.25, 0.3) is 0 Å². The summed E-state index contributed by atoms with van der Waals surface area (Å²) < 4.78 is 5.03. The molecule has 30 heavy (non-hydrogen) atoms. The Bertz CT molecular complexity index is 1120. The third kappa shape index (κ3) is 3.88. The van der Waals surface area contributed by atoms with Crippen molar-refractivity contribution in [2.45, 2.75) is 32.6 Å². The van der Waals surface area contributed by atoms with E-state index in [0.29, 0.717) is 17.9 Å². The van der Waals surface area contributed by atoms with E-state index in [4.69, 9.17) is 4.74 Å². The van der Waals surface area contributed by atoms with Crippen molar-refractivity contribution in [3.8, 4) is 16.9 Å². The van der Waals surface area contributed by atoms with Crippen LogP contribution in [0.1, 0.15) is 53.4 Å². The molecule has 0 saturated carbocycles. The maximum absolute atomic E-state index is 11.8. The Hall–Kier alpha value is -3.33. The zero-order valence-electron chi connectivity index (χ0n) is 17.6. The van der Waals surface area contributed by atoms with Gasteiger partial charge in [0.2, 0.25) is 0 Å². The van der Waals surface area contributed by atoms with E-state index in [1.54, 1.807) is 25.1 Å². The van der Waals surface area contributed by atoms with Gasteiger partial charge in [0.1, 0.15) is 5.75 Å². The van der Waals surface area contributed by atoms with Crippen molar-refractivity contribution in [1.29, 1.82) is 0 Å². The van der Waals surface area contributed by atoms with Gasteiger partial charge >= 0.3 is 5.97 Å². The fourth-order valence-electron chi connectivity index (χ4n) is 4.16. The third-order valence-electron chi connectivity index (χ3n) is 5.68. The van der Waals surface area contributed by atoms with Gasteiger partial charge < -0.3 is 9.84 Å². The molecule has 1 aliphatic carbocycles. The number of phenolic OH excluding ortho intramolecular Hbond substituents is 1. The first-order valence-electron chi connectivity index (χ1n) is 10.3. The Morgan fingerprint density at radius 2 is 1.67 bits per heavy atom. The Morgan fingerprint density at radius 3 is 2.40 bits per heavy atom. The first-order chi connectivity index (χ1) is 14.4. The summed E-state index contributed by atoms with van der Waals surface area (Å²) in [5, 5.41) is 10.0. The quantitative estimate of drug-likeness (QED) is 0.418. The lowest BCUT2D eigenvalue weighted by molar-refractivity contribution is 0.0526. The highest BCUT2D eigenvalue weighted by atomic mass is 16.5. The molecule has 0 heterocycles. The lowest BCUT2D eigenvalue weighted by atomic mass is 9.70. The normalized spacial score (nSPS) is 14.2. The topological polar surface area (TPSA) is 46.5 Å². The van der Waals surface area contributed by atoms with Crippen LogP contribution in [0.15, 0.2) is 60.7 Å². The van der Waals surface area contributed by atoms with Crippen LogP contribution in [0.2, 0.25) is 0 Å². The zero-order valence-corrected chi connectivity index (χ0v) is 17.6. The number of hydrogen-bond donors (Lipinski definition) is 1. The molecule has 3 aromatic rings. The minimum Gasteiger partial charge on any atom is -0.508 e. The summed E-state index contributed by atoms with van der Waals surface area (Å²) in [6.45, 7) is 6.70. The Morgan fingerprint density at radius 1 is 0.967 bits per heavy atom. The van der Waals surface area contributed by atoms with E-state index >= 15 is 0 Å². The highest BCUT2D eigenvalue weighted by molar-refractivity contribution is 5.89. The van der Waals surface area contributed by atoms with E-state index < -0.39 is 0 Å². The molecule has 0 unspecified atom stereocenters. The molecule has 0 saturated heterocycles. The summed E-state index contributed by atoms with van der Waals surface area (Å²) in [6.07, 6.45) is 5.06. The summed E-state index contributed by atoms with van der Waals surface area (Å²) >= 11 is 0. The molecule has 0 amide bonds. The SMILES string of the molecule is CCOC(=O)c1ccc(/C=C/c2ccc3c(c2)-c2cc(O)ccc2CC3(C)C)cc1. The van der Waals surface area contributed by atoms with Crippen LogP contribution in [-0.4, -0.2) is 17.7 Å². The number of fused-ring (bicyclic) bond motifs is 3. The summed E-state index contributed by atoms with van der Waals surface area (Å²) in [5.74, 6) is -0.00529. The monoisotopic (exact) mass is 398 g/mol. The van der Waals surface area contributed by atoms with E-state index in [0.717, 1.165) is 23.1 Å². The molecule has 0 spiro atoms. The van der Waals surface area contributed by atoms with Crippen LogP contribution < -0.4 is 0 Å². The average molecular weight is 399 g/mol. The predicted molar refractivity (Wildman–Crippen MR) is 122 cm³/mol. The standard InChI is InChI=1S/C27H26O3/c1-4-30-26(29)20-10-7-18(8-11-20)5-6-19-9-14-25-24(15-19)23-16-22(28)13-12-21(23)17-27(25,2)3/h5-16,28H,4,17H2,1-3H3/b6-5+. The fraction of sp³-hybridized carbons (Fsp3) is 0.222. The Labute approximate surface area is 177 Å². The van der Waals surface area contributed by atoms with E-state index in [1.807, 2.05) is 30.3 Å². The fourth-order valence-corrected chi connectivity index (χ4v) is 4.16. The number of phenols is 1. The molecule has 0 atom stereocenters. The van der Waals surface area contributed by atoms with Crippen LogP contribution in [-0.2, 0) is 16.6 Å². The van der Waals surface area contributed by atoms with Crippen molar-refractivity contribution in [3.05, 3.63) is 88.5 Å². The van der Waals surface area contributed by atoms with Crippen LogP contribution in [0.5, 0.6) is 5.75 Å². The third-order valence-corrected chi connectivity index (χ3v) is 5.68. The predicted octanol–water partition coefficient (Wildman–Crippen LogP) is 6.24. The molecule has 4 rings (SSSR count). The molecule has 152 valence electrons. The maximum Gasteiger partial charge on any atom is 0.338 e. The molecule has 1 aliphatic rings. The second-order valence-corrected chi connectivity index (χ2v) is 8.38. The summed E-state index contributed by atoms with van der Waals surface area (Å²) in [4.78, 5) is 11.8. The first kappa shape index (κ1) is 20.0. The molecule has 3 nitrogen and oxygen atoms in total. The largest absolute Gasteiger partial charge is 0.508 e. The number of aromatic hydroxyl groups is 1. The van der Waals surface area contributed by atoms with Gasteiger partial charge in [-0.3, -0.25) is 0 Å². The van der Waals surface area contributed by atoms with Crippen molar-refractivity contribution in [2.75, 3.05) is 6.61 Å². The second-order valence-electron chi connectivity index (χ2n) is 8.38. The Balaban J connectivity index is 1.64. The molecule has 3 aromatic carbocycles. The van der Waals surface area contributed by atoms with Gasteiger partial charge in [-0.2, -0.15) is 0 Å². The lowest BCUT2D eigenvalue weighted by Crippen LogP contribution is -2.25. The van der Waals surface area contributed by atoms with Gasteiger partial charge in [0.15, 0.2) is 0 Å². The van der Waals surface area contributed by atoms with Crippen molar-refractivity contribution < 1.29 is 14.6 Å². The van der Waals surface area contributed by atoms with Crippen LogP contribution in [0.25, 0.3) is 23.3 Å². The minimum atomic E-state index is -0.299. The minimum absolute atomic E-state index is 0.0461. The summed E-state index contributed by atoms with van der Waals surface area (Å²) in [7, 11) is 0. The molecule has 3 heteroatoms. The lowest BCUT2D eigenvalue weighted by Gasteiger charge is -2.34. The molecule has 0 bridgehead atoms. The molecular formula is C27H26O3. The van der Waals surface area contributed by atoms with E-state index in [1.165, 1.54) is 16.7 Å². The maximum atomic E-state index is 11.8. The highest BCUT2D eigenvalue weighted by Crippen LogP contribution is 2.44. The van der Waals surface area contributed by atoms with Crippen molar-refractivity contribution >= 4 is 18.1 Å². The van der Waals surface area contributed by atoms with Crippen molar-refractivity contribution in [3.63, 3.8) is 0 Å².